The number of halogens is 2. The molecule has 0 aliphatic rings. The molecule has 0 saturated carbocycles. The predicted octanol–water partition coefficient (Wildman–Crippen LogP) is 1.57. The smallest absolute Gasteiger partial charge is 0.266 e. The number of nitrogens with zero attached hydrogens (tertiary/aromatic N) is 2. The molecular formula is C7H8Cl2N2O3S. The molecule has 1 heterocycles. The SMILES string of the molecule is CON(C)S(=O)(=O)c1cnc(Cl)c(Cl)c1. The third-order valence-corrected chi connectivity index (χ3v) is 4.00. The maximum Gasteiger partial charge on any atom is 0.266 e. The van der Waals surface area contributed by atoms with Crippen LogP contribution in [0.5, 0.6) is 0 Å². The minimum Gasteiger partial charge on any atom is -0.288 e. The van der Waals surface area contributed by atoms with Crippen LogP contribution in [0.1, 0.15) is 0 Å². The fourth-order valence-corrected chi connectivity index (χ4v) is 2.07. The zero-order valence-corrected chi connectivity index (χ0v) is 10.3. The molecule has 0 radical (unpaired) electrons. The fourth-order valence-electron chi connectivity index (χ4n) is 0.791. The van der Waals surface area contributed by atoms with Gasteiger partial charge in [-0.2, -0.15) is 0 Å². The van der Waals surface area contributed by atoms with Gasteiger partial charge in [0.25, 0.3) is 10.0 Å². The number of hydrogen-bond donors (Lipinski definition) is 0. The molecule has 84 valence electrons. The third-order valence-electron chi connectivity index (χ3n) is 1.66. The molecule has 0 N–H and O–H groups in total. The Hall–Kier alpha value is -0.400. The monoisotopic (exact) mass is 270 g/mol. The van der Waals surface area contributed by atoms with Gasteiger partial charge in [0.1, 0.15) is 10.0 Å². The molecule has 0 atom stereocenters. The molecule has 15 heavy (non-hydrogen) atoms. The average molecular weight is 271 g/mol. The van der Waals surface area contributed by atoms with Crippen LogP contribution in [0.25, 0.3) is 0 Å². The zero-order valence-electron chi connectivity index (χ0n) is 7.94. The van der Waals surface area contributed by atoms with Crippen LogP contribution < -0.4 is 0 Å². The van der Waals surface area contributed by atoms with Gasteiger partial charge in [-0.15, -0.1) is 0 Å². The first-order valence-electron chi connectivity index (χ1n) is 3.73. The highest BCUT2D eigenvalue weighted by Crippen LogP contribution is 2.23. The maximum atomic E-state index is 11.7. The summed E-state index contributed by atoms with van der Waals surface area (Å²) in [5.41, 5.74) is 0. The Bertz CT molecular complexity index is 463. The molecule has 0 unspecified atom stereocenters. The second-order valence-electron chi connectivity index (χ2n) is 2.54. The van der Waals surface area contributed by atoms with E-state index in [1.165, 1.54) is 20.2 Å². The topological polar surface area (TPSA) is 59.5 Å². The number of hydrogen-bond acceptors (Lipinski definition) is 4. The van der Waals surface area contributed by atoms with Crippen LogP contribution in [0.2, 0.25) is 10.2 Å². The summed E-state index contributed by atoms with van der Waals surface area (Å²) < 4.78 is 24.1. The van der Waals surface area contributed by atoms with E-state index in [1.54, 1.807) is 0 Å². The van der Waals surface area contributed by atoms with E-state index in [0.29, 0.717) is 4.47 Å². The van der Waals surface area contributed by atoms with Crippen LogP contribution in [0.15, 0.2) is 17.2 Å². The summed E-state index contributed by atoms with van der Waals surface area (Å²) in [5, 5.41) is 0.123. The minimum absolute atomic E-state index is 0.0516. The van der Waals surface area contributed by atoms with Crippen molar-refractivity contribution in [3.8, 4) is 0 Å². The lowest BCUT2D eigenvalue weighted by Crippen LogP contribution is -2.25. The van der Waals surface area contributed by atoms with E-state index >= 15 is 0 Å². The predicted molar refractivity (Wildman–Crippen MR) is 56.2 cm³/mol. The molecule has 8 heteroatoms. The van der Waals surface area contributed by atoms with Crippen LogP contribution in [0.3, 0.4) is 0 Å². The normalized spacial score (nSPS) is 12.1. The quantitative estimate of drug-likeness (QED) is 0.618. The van der Waals surface area contributed by atoms with E-state index in [9.17, 15) is 8.42 Å². The van der Waals surface area contributed by atoms with Crippen molar-refractivity contribution in [2.24, 2.45) is 0 Å². The Morgan fingerprint density at radius 2 is 2.07 bits per heavy atom. The molecule has 0 bridgehead atoms. The molecular weight excluding hydrogens is 263 g/mol. The van der Waals surface area contributed by atoms with Crippen molar-refractivity contribution in [3.63, 3.8) is 0 Å². The summed E-state index contributed by atoms with van der Waals surface area (Å²) in [4.78, 5) is 8.13. The van der Waals surface area contributed by atoms with Gasteiger partial charge >= 0.3 is 0 Å². The Balaban J connectivity index is 3.23. The number of aromatic nitrogens is 1. The Kier molecular flexibility index (Phi) is 3.91. The highest BCUT2D eigenvalue weighted by Gasteiger charge is 2.22. The van der Waals surface area contributed by atoms with Crippen molar-refractivity contribution in [1.29, 1.82) is 0 Å². The van der Waals surface area contributed by atoms with Gasteiger partial charge in [0.05, 0.1) is 12.1 Å². The molecule has 1 rings (SSSR count). The lowest BCUT2D eigenvalue weighted by atomic mass is 10.5. The van der Waals surface area contributed by atoms with Gasteiger partial charge in [0.2, 0.25) is 0 Å². The Labute approximate surface area is 97.6 Å². The van der Waals surface area contributed by atoms with Crippen molar-refractivity contribution in [2.75, 3.05) is 14.2 Å². The first-order valence-corrected chi connectivity index (χ1v) is 5.93. The van der Waals surface area contributed by atoms with Gasteiger partial charge in [-0.05, 0) is 6.07 Å². The van der Waals surface area contributed by atoms with Crippen molar-refractivity contribution >= 4 is 33.2 Å². The van der Waals surface area contributed by atoms with Gasteiger partial charge in [0.15, 0.2) is 0 Å². The van der Waals surface area contributed by atoms with E-state index in [4.69, 9.17) is 23.2 Å². The summed E-state index contributed by atoms with van der Waals surface area (Å²) in [6.45, 7) is 0. The van der Waals surface area contributed by atoms with E-state index < -0.39 is 10.0 Å². The number of pyridine rings is 1. The molecule has 1 aromatic rings. The second kappa shape index (κ2) is 4.63. The summed E-state index contributed by atoms with van der Waals surface area (Å²) in [5.74, 6) is 0. The second-order valence-corrected chi connectivity index (χ2v) is 5.24. The maximum absolute atomic E-state index is 11.7. The molecule has 0 fully saturated rings. The van der Waals surface area contributed by atoms with Crippen molar-refractivity contribution in [1.82, 2.24) is 9.45 Å². The molecule has 5 nitrogen and oxygen atoms in total. The van der Waals surface area contributed by atoms with Gasteiger partial charge in [-0.25, -0.2) is 13.4 Å². The van der Waals surface area contributed by atoms with Gasteiger partial charge in [0, 0.05) is 13.2 Å². The van der Waals surface area contributed by atoms with Crippen LogP contribution in [0.4, 0.5) is 0 Å². The first kappa shape index (κ1) is 12.7. The number of hydroxylamine groups is 1. The van der Waals surface area contributed by atoms with E-state index in [2.05, 4.69) is 9.82 Å². The molecule has 0 saturated heterocycles. The lowest BCUT2D eigenvalue weighted by Gasteiger charge is -2.13. The lowest BCUT2D eigenvalue weighted by molar-refractivity contribution is -0.0258. The molecule has 0 aromatic carbocycles. The van der Waals surface area contributed by atoms with Crippen molar-refractivity contribution in [3.05, 3.63) is 22.4 Å². The standard InChI is InChI=1S/C7H8Cl2N2O3S/c1-11(14-2)15(12,13)5-3-6(8)7(9)10-4-5/h3-4H,1-2H3. The van der Waals surface area contributed by atoms with Gasteiger partial charge in [-0.3, -0.25) is 4.84 Å². The minimum atomic E-state index is -3.72. The highest BCUT2D eigenvalue weighted by molar-refractivity contribution is 7.89. The molecule has 0 aliphatic heterocycles. The third kappa shape index (κ3) is 2.59. The van der Waals surface area contributed by atoms with Crippen LogP contribution in [-0.2, 0) is 14.9 Å². The summed E-state index contributed by atoms with van der Waals surface area (Å²) >= 11 is 11.2. The van der Waals surface area contributed by atoms with Crippen molar-refractivity contribution in [2.45, 2.75) is 4.90 Å². The molecule has 1 aromatic heterocycles. The van der Waals surface area contributed by atoms with E-state index in [0.717, 1.165) is 6.20 Å². The Morgan fingerprint density at radius 1 is 1.47 bits per heavy atom. The summed E-state index contributed by atoms with van der Waals surface area (Å²) in [6.07, 6.45) is 1.11. The summed E-state index contributed by atoms with van der Waals surface area (Å²) in [7, 11) is -1.22. The molecule has 0 spiro atoms. The fraction of sp³-hybridized carbons (Fsp3) is 0.286. The molecule has 0 aliphatic carbocycles. The largest absolute Gasteiger partial charge is 0.288 e. The van der Waals surface area contributed by atoms with Crippen LogP contribution in [0, 0.1) is 0 Å². The van der Waals surface area contributed by atoms with E-state index in [-0.39, 0.29) is 15.1 Å². The van der Waals surface area contributed by atoms with Gasteiger partial charge < -0.3 is 0 Å². The average Bonchev–Trinajstić information content (AvgIpc) is 2.20. The van der Waals surface area contributed by atoms with E-state index in [1.807, 2.05) is 0 Å². The summed E-state index contributed by atoms with van der Waals surface area (Å²) in [6, 6.07) is 1.21. The molecule has 0 amide bonds. The van der Waals surface area contributed by atoms with Gasteiger partial charge in [-0.1, -0.05) is 27.7 Å². The van der Waals surface area contributed by atoms with Crippen LogP contribution >= 0.6 is 23.2 Å². The highest BCUT2D eigenvalue weighted by atomic mass is 35.5. The first-order chi connectivity index (χ1) is 6.89. The number of rotatable bonds is 3. The Morgan fingerprint density at radius 3 is 2.53 bits per heavy atom. The van der Waals surface area contributed by atoms with Crippen LogP contribution in [-0.4, -0.2) is 32.0 Å². The zero-order chi connectivity index (χ0) is 11.6. The number of sulfonamides is 1. The van der Waals surface area contributed by atoms with Crippen molar-refractivity contribution < 1.29 is 13.3 Å².